The SMILES string of the molecule is CCOc1ccc(N(CCCC(=O)N[C@@H](C)C(C)C)S(C)(=O)=O)cc1. The molecule has 0 saturated heterocycles. The van der Waals surface area contributed by atoms with Gasteiger partial charge in [-0.15, -0.1) is 0 Å². The van der Waals surface area contributed by atoms with Gasteiger partial charge in [0, 0.05) is 19.0 Å². The topological polar surface area (TPSA) is 75.7 Å². The van der Waals surface area contributed by atoms with Gasteiger partial charge in [0.2, 0.25) is 15.9 Å². The number of sulfonamides is 1. The van der Waals surface area contributed by atoms with E-state index in [1.54, 1.807) is 24.3 Å². The summed E-state index contributed by atoms with van der Waals surface area (Å²) in [5.41, 5.74) is 0.571. The van der Waals surface area contributed by atoms with Crippen LogP contribution >= 0.6 is 0 Å². The van der Waals surface area contributed by atoms with Gasteiger partial charge in [-0.3, -0.25) is 9.10 Å². The molecular weight excluding hydrogens is 340 g/mol. The maximum absolute atomic E-state index is 12.1. The molecular formula is C18H30N2O4S. The normalized spacial score (nSPS) is 12.7. The number of benzene rings is 1. The van der Waals surface area contributed by atoms with Crippen LogP contribution in [0.15, 0.2) is 24.3 Å². The summed E-state index contributed by atoms with van der Waals surface area (Å²) in [7, 11) is -3.42. The second-order valence-electron chi connectivity index (χ2n) is 6.47. The number of hydrogen-bond donors (Lipinski definition) is 1. The van der Waals surface area contributed by atoms with Gasteiger partial charge in [-0.05, 0) is 50.5 Å². The summed E-state index contributed by atoms with van der Waals surface area (Å²) in [6.07, 6.45) is 1.92. The molecule has 0 saturated carbocycles. The van der Waals surface area contributed by atoms with Crippen LogP contribution in [0, 0.1) is 5.92 Å². The van der Waals surface area contributed by atoms with Crippen molar-refractivity contribution in [3.63, 3.8) is 0 Å². The summed E-state index contributed by atoms with van der Waals surface area (Å²) in [6.45, 7) is 8.76. The van der Waals surface area contributed by atoms with Crippen LogP contribution in [-0.2, 0) is 14.8 Å². The smallest absolute Gasteiger partial charge is 0.232 e. The number of carbonyl (C=O) groups excluding carboxylic acids is 1. The molecule has 0 fully saturated rings. The Hall–Kier alpha value is -1.76. The zero-order valence-electron chi connectivity index (χ0n) is 15.8. The average Bonchev–Trinajstić information content (AvgIpc) is 2.51. The molecule has 0 unspecified atom stereocenters. The number of amides is 1. The first-order valence-electron chi connectivity index (χ1n) is 8.65. The third kappa shape index (κ3) is 7.34. The van der Waals surface area contributed by atoms with E-state index in [0.29, 0.717) is 36.8 Å². The van der Waals surface area contributed by atoms with Crippen molar-refractivity contribution in [2.45, 2.75) is 46.6 Å². The molecule has 0 aromatic heterocycles. The Morgan fingerprint density at radius 3 is 2.28 bits per heavy atom. The summed E-state index contributed by atoms with van der Waals surface area (Å²) in [4.78, 5) is 11.9. The van der Waals surface area contributed by atoms with Crippen LogP contribution in [-0.4, -0.2) is 39.8 Å². The van der Waals surface area contributed by atoms with E-state index >= 15 is 0 Å². The zero-order chi connectivity index (χ0) is 19.0. The van der Waals surface area contributed by atoms with Gasteiger partial charge in [0.05, 0.1) is 18.6 Å². The molecule has 1 atom stereocenters. The largest absolute Gasteiger partial charge is 0.494 e. The third-order valence-corrected chi connectivity index (χ3v) is 5.18. The number of rotatable bonds is 10. The predicted molar refractivity (Wildman–Crippen MR) is 101 cm³/mol. The highest BCUT2D eigenvalue weighted by Crippen LogP contribution is 2.22. The molecule has 1 N–H and O–H groups in total. The minimum absolute atomic E-state index is 0.0543. The van der Waals surface area contributed by atoms with Crippen molar-refractivity contribution in [1.29, 1.82) is 0 Å². The molecule has 142 valence electrons. The van der Waals surface area contributed by atoms with E-state index < -0.39 is 10.0 Å². The van der Waals surface area contributed by atoms with Crippen LogP contribution in [0.2, 0.25) is 0 Å². The number of nitrogens with zero attached hydrogens (tertiary/aromatic N) is 1. The fraction of sp³-hybridized carbons (Fsp3) is 0.611. The minimum Gasteiger partial charge on any atom is -0.494 e. The van der Waals surface area contributed by atoms with Crippen molar-refractivity contribution in [1.82, 2.24) is 5.32 Å². The van der Waals surface area contributed by atoms with Gasteiger partial charge >= 0.3 is 0 Å². The Morgan fingerprint density at radius 2 is 1.80 bits per heavy atom. The van der Waals surface area contributed by atoms with Gasteiger partial charge in [0.1, 0.15) is 5.75 Å². The lowest BCUT2D eigenvalue weighted by molar-refractivity contribution is -0.122. The lowest BCUT2D eigenvalue weighted by Gasteiger charge is -2.23. The van der Waals surface area contributed by atoms with Crippen LogP contribution in [0.3, 0.4) is 0 Å². The monoisotopic (exact) mass is 370 g/mol. The molecule has 7 heteroatoms. The highest BCUT2D eigenvalue weighted by molar-refractivity contribution is 7.92. The fourth-order valence-electron chi connectivity index (χ4n) is 2.24. The Balaban J connectivity index is 2.67. The minimum atomic E-state index is -3.42. The summed E-state index contributed by atoms with van der Waals surface area (Å²) in [5, 5.41) is 2.93. The number of hydrogen-bond acceptors (Lipinski definition) is 4. The quantitative estimate of drug-likeness (QED) is 0.687. The van der Waals surface area contributed by atoms with E-state index in [9.17, 15) is 13.2 Å². The summed E-state index contributed by atoms with van der Waals surface area (Å²) in [5.74, 6) is 1.00. The van der Waals surface area contributed by atoms with Crippen molar-refractivity contribution >= 4 is 21.6 Å². The van der Waals surface area contributed by atoms with Gasteiger partial charge in [0.15, 0.2) is 0 Å². The van der Waals surface area contributed by atoms with Crippen LogP contribution in [0.25, 0.3) is 0 Å². The van der Waals surface area contributed by atoms with Gasteiger partial charge in [-0.2, -0.15) is 0 Å². The molecule has 0 aliphatic heterocycles. The highest BCUT2D eigenvalue weighted by Gasteiger charge is 2.18. The van der Waals surface area contributed by atoms with Gasteiger partial charge < -0.3 is 10.1 Å². The maximum atomic E-state index is 12.1. The standard InChI is InChI=1S/C18H30N2O4S/c1-6-24-17-11-9-16(10-12-17)20(25(5,22)23)13-7-8-18(21)19-15(4)14(2)3/h9-12,14-15H,6-8,13H2,1-5H3,(H,19,21)/t15-/m0/s1. The zero-order valence-corrected chi connectivity index (χ0v) is 16.6. The first-order valence-corrected chi connectivity index (χ1v) is 10.5. The van der Waals surface area contributed by atoms with E-state index in [-0.39, 0.29) is 18.5 Å². The van der Waals surface area contributed by atoms with E-state index in [1.807, 2.05) is 27.7 Å². The number of carbonyl (C=O) groups is 1. The van der Waals surface area contributed by atoms with E-state index in [1.165, 1.54) is 10.6 Å². The molecule has 0 radical (unpaired) electrons. The molecule has 0 aliphatic rings. The molecule has 1 amide bonds. The predicted octanol–water partition coefficient (Wildman–Crippen LogP) is 2.79. The van der Waals surface area contributed by atoms with Crippen LogP contribution in [0.5, 0.6) is 5.75 Å². The number of nitrogens with one attached hydrogen (secondary N) is 1. The molecule has 1 aromatic rings. The van der Waals surface area contributed by atoms with Crippen molar-refractivity contribution in [2.24, 2.45) is 5.92 Å². The van der Waals surface area contributed by atoms with Gasteiger partial charge in [-0.1, -0.05) is 13.8 Å². The van der Waals surface area contributed by atoms with E-state index in [4.69, 9.17) is 4.74 Å². The van der Waals surface area contributed by atoms with Crippen molar-refractivity contribution < 1.29 is 17.9 Å². The second kappa shape index (κ2) is 9.65. The van der Waals surface area contributed by atoms with Gasteiger partial charge in [-0.25, -0.2) is 8.42 Å². The molecule has 1 aromatic carbocycles. The van der Waals surface area contributed by atoms with Gasteiger partial charge in [0.25, 0.3) is 0 Å². The Morgan fingerprint density at radius 1 is 1.20 bits per heavy atom. The molecule has 0 aliphatic carbocycles. The second-order valence-corrected chi connectivity index (χ2v) is 8.37. The molecule has 0 heterocycles. The fourth-order valence-corrected chi connectivity index (χ4v) is 3.20. The van der Waals surface area contributed by atoms with Crippen LogP contribution < -0.4 is 14.4 Å². The first-order chi connectivity index (χ1) is 11.6. The van der Waals surface area contributed by atoms with Crippen molar-refractivity contribution in [3.05, 3.63) is 24.3 Å². The summed E-state index contributed by atoms with van der Waals surface area (Å²) >= 11 is 0. The van der Waals surface area contributed by atoms with E-state index in [2.05, 4.69) is 5.32 Å². The molecule has 0 spiro atoms. The summed E-state index contributed by atoms with van der Waals surface area (Å²) < 4.78 is 30.9. The van der Waals surface area contributed by atoms with Crippen molar-refractivity contribution in [3.8, 4) is 5.75 Å². The number of ether oxygens (including phenoxy) is 1. The Bertz CT molecular complexity index is 642. The number of anilines is 1. The van der Waals surface area contributed by atoms with Crippen molar-refractivity contribution in [2.75, 3.05) is 23.7 Å². The molecule has 1 rings (SSSR count). The third-order valence-electron chi connectivity index (χ3n) is 3.99. The molecule has 0 bridgehead atoms. The van der Waals surface area contributed by atoms with Crippen LogP contribution in [0.1, 0.15) is 40.5 Å². The van der Waals surface area contributed by atoms with Crippen LogP contribution in [0.4, 0.5) is 5.69 Å². The average molecular weight is 371 g/mol. The summed E-state index contributed by atoms with van der Waals surface area (Å²) in [6, 6.07) is 7.02. The highest BCUT2D eigenvalue weighted by atomic mass is 32.2. The molecule has 6 nitrogen and oxygen atoms in total. The Kier molecular flexibility index (Phi) is 8.22. The molecule has 25 heavy (non-hydrogen) atoms. The van der Waals surface area contributed by atoms with E-state index in [0.717, 1.165) is 0 Å². The first kappa shape index (κ1) is 21.3. The Labute approximate surface area is 151 Å². The lowest BCUT2D eigenvalue weighted by atomic mass is 10.1. The lowest BCUT2D eigenvalue weighted by Crippen LogP contribution is -2.37. The maximum Gasteiger partial charge on any atom is 0.232 e.